The number of aliphatic hydroxyl groups excluding tert-OH is 1. The molecule has 0 amide bonds. The van der Waals surface area contributed by atoms with Gasteiger partial charge in [0, 0.05) is 11.8 Å². The number of hydrogen-bond donors (Lipinski definition) is 2. The van der Waals surface area contributed by atoms with Gasteiger partial charge < -0.3 is 10.1 Å². The molecule has 0 spiro atoms. The maximum absolute atomic E-state index is 8.97. The SMILES string of the molecule is OCc1ncc(-c2cnn(-c3ccccc3)c2)[nH]1. The molecule has 2 N–H and O–H groups in total. The summed E-state index contributed by atoms with van der Waals surface area (Å²) in [6, 6.07) is 9.88. The van der Waals surface area contributed by atoms with Crippen LogP contribution in [0.4, 0.5) is 0 Å². The molecule has 2 aromatic heterocycles. The zero-order valence-electron chi connectivity index (χ0n) is 9.61. The Balaban J connectivity index is 1.94. The van der Waals surface area contributed by atoms with Crippen molar-refractivity contribution in [1.82, 2.24) is 19.7 Å². The highest BCUT2D eigenvalue weighted by molar-refractivity contribution is 5.57. The number of hydrogen-bond acceptors (Lipinski definition) is 3. The van der Waals surface area contributed by atoms with Crippen LogP contribution in [0.1, 0.15) is 5.82 Å². The molecule has 3 aromatic rings. The highest BCUT2D eigenvalue weighted by Gasteiger charge is 2.06. The van der Waals surface area contributed by atoms with Gasteiger partial charge in [0.1, 0.15) is 12.4 Å². The third-order valence-corrected chi connectivity index (χ3v) is 2.69. The number of nitrogens with zero attached hydrogens (tertiary/aromatic N) is 3. The van der Waals surface area contributed by atoms with Crippen molar-refractivity contribution in [1.29, 1.82) is 0 Å². The van der Waals surface area contributed by atoms with Gasteiger partial charge in [-0.15, -0.1) is 0 Å². The highest BCUT2D eigenvalue weighted by atomic mass is 16.3. The second-order valence-corrected chi connectivity index (χ2v) is 3.91. The van der Waals surface area contributed by atoms with Crippen molar-refractivity contribution in [3.63, 3.8) is 0 Å². The summed E-state index contributed by atoms with van der Waals surface area (Å²) >= 11 is 0. The Bertz CT molecular complexity index is 642. The number of aromatic amines is 1. The standard InChI is InChI=1S/C13H12N4O/c18-9-13-14-7-12(16-13)10-6-15-17(8-10)11-4-2-1-3-5-11/h1-8,18H,9H2,(H,14,16). The lowest BCUT2D eigenvalue weighted by atomic mass is 10.3. The Morgan fingerprint density at radius 1 is 1.17 bits per heavy atom. The van der Waals surface area contributed by atoms with Crippen molar-refractivity contribution in [3.05, 3.63) is 54.7 Å². The molecular formula is C13H12N4O. The summed E-state index contributed by atoms with van der Waals surface area (Å²) < 4.78 is 1.80. The smallest absolute Gasteiger partial charge is 0.132 e. The number of nitrogens with one attached hydrogen (secondary N) is 1. The molecule has 90 valence electrons. The van der Waals surface area contributed by atoms with Crippen molar-refractivity contribution >= 4 is 0 Å². The predicted molar refractivity (Wildman–Crippen MR) is 67.1 cm³/mol. The van der Waals surface area contributed by atoms with E-state index in [0.29, 0.717) is 5.82 Å². The molecule has 0 saturated heterocycles. The van der Waals surface area contributed by atoms with E-state index in [1.807, 2.05) is 36.5 Å². The van der Waals surface area contributed by atoms with Crippen LogP contribution in [0.15, 0.2) is 48.9 Å². The van der Waals surface area contributed by atoms with Crippen LogP contribution in [0, 0.1) is 0 Å². The number of H-pyrrole nitrogens is 1. The fraction of sp³-hybridized carbons (Fsp3) is 0.0769. The van der Waals surface area contributed by atoms with Gasteiger partial charge in [-0.2, -0.15) is 5.10 Å². The molecule has 3 rings (SSSR count). The Hall–Kier alpha value is -2.40. The van der Waals surface area contributed by atoms with Gasteiger partial charge in [0.25, 0.3) is 0 Å². The molecule has 0 bridgehead atoms. The molecule has 0 aliphatic carbocycles. The lowest BCUT2D eigenvalue weighted by Crippen LogP contribution is -1.92. The molecule has 0 fully saturated rings. The van der Waals surface area contributed by atoms with E-state index in [1.165, 1.54) is 0 Å². The number of benzene rings is 1. The lowest BCUT2D eigenvalue weighted by Gasteiger charge is -1.98. The van der Waals surface area contributed by atoms with Gasteiger partial charge in [-0.25, -0.2) is 9.67 Å². The fourth-order valence-electron chi connectivity index (χ4n) is 1.77. The first-order valence-electron chi connectivity index (χ1n) is 5.62. The topological polar surface area (TPSA) is 66.7 Å². The van der Waals surface area contributed by atoms with Crippen LogP contribution in [0.3, 0.4) is 0 Å². The maximum atomic E-state index is 8.97. The zero-order chi connectivity index (χ0) is 12.4. The van der Waals surface area contributed by atoms with Crippen LogP contribution in [0.5, 0.6) is 0 Å². The number of aliphatic hydroxyl groups is 1. The van der Waals surface area contributed by atoms with E-state index in [-0.39, 0.29) is 6.61 Å². The van der Waals surface area contributed by atoms with Gasteiger partial charge in [0.05, 0.1) is 23.8 Å². The first kappa shape index (κ1) is 10.7. The molecule has 5 nitrogen and oxygen atoms in total. The van der Waals surface area contributed by atoms with Crippen LogP contribution < -0.4 is 0 Å². The summed E-state index contributed by atoms with van der Waals surface area (Å²) in [5, 5.41) is 13.3. The van der Waals surface area contributed by atoms with Gasteiger partial charge >= 0.3 is 0 Å². The highest BCUT2D eigenvalue weighted by Crippen LogP contribution is 2.18. The molecule has 0 aliphatic heterocycles. The monoisotopic (exact) mass is 240 g/mol. The van der Waals surface area contributed by atoms with Crippen LogP contribution in [0.25, 0.3) is 16.9 Å². The second kappa shape index (κ2) is 4.46. The van der Waals surface area contributed by atoms with E-state index in [2.05, 4.69) is 15.1 Å². The van der Waals surface area contributed by atoms with E-state index in [9.17, 15) is 0 Å². The van der Waals surface area contributed by atoms with Gasteiger partial charge in [0.15, 0.2) is 0 Å². The summed E-state index contributed by atoms with van der Waals surface area (Å²) in [5.74, 6) is 0.553. The average molecular weight is 240 g/mol. The van der Waals surface area contributed by atoms with E-state index >= 15 is 0 Å². The van der Waals surface area contributed by atoms with Crippen molar-refractivity contribution in [2.45, 2.75) is 6.61 Å². The van der Waals surface area contributed by atoms with Crippen molar-refractivity contribution in [2.24, 2.45) is 0 Å². The summed E-state index contributed by atoms with van der Waals surface area (Å²) in [4.78, 5) is 7.08. The zero-order valence-corrected chi connectivity index (χ0v) is 9.61. The Labute approximate surface area is 104 Å². The first-order chi connectivity index (χ1) is 8.86. The molecule has 0 radical (unpaired) electrons. The van der Waals surface area contributed by atoms with Crippen LogP contribution in [0.2, 0.25) is 0 Å². The minimum atomic E-state index is -0.0905. The second-order valence-electron chi connectivity index (χ2n) is 3.91. The summed E-state index contributed by atoms with van der Waals surface area (Å²) in [6.07, 6.45) is 5.38. The molecule has 2 heterocycles. The summed E-state index contributed by atoms with van der Waals surface area (Å²) in [5.41, 5.74) is 2.79. The molecule has 5 heteroatoms. The van der Waals surface area contributed by atoms with E-state index < -0.39 is 0 Å². The van der Waals surface area contributed by atoms with E-state index in [0.717, 1.165) is 16.9 Å². The Morgan fingerprint density at radius 2 is 2.00 bits per heavy atom. The number of imidazole rings is 1. The Morgan fingerprint density at radius 3 is 2.72 bits per heavy atom. The number of para-hydroxylation sites is 1. The fourth-order valence-corrected chi connectivity index (χ4v) is 1.77. The average Bonchev–Trinajstić information content (AvgIpc) is 3.08. The Kier molecular flexibility index (Phi) is 2.66. The first-order valence-corrected chi connectivity index (χ1v) is 5.62. The van der Waals surface area contributed by atoms with E-state index in [4.69, 9.17) is 5.11 Å². The van der Waals surface area contributed by atoms with Crippen LogP contribution in [-0.4, -0.2) is 24.9 Å². The molecule has 0 unspecified atom stereocenters. The third-order valence-electron chi connectivity index (χ3n) is 2.69. The molecule has 0 saturated carbocycles. The molecule has 0 atom stereocenters. The molecule has 0 aliphatic rings. The minimum Gasteiger partial charge on any atom is -0.388 e. The quantitative estimate of drug-likeness (QED) is 0.733. The van der Waals surface area contributed by atoms with Gasteiger partial charge in [-0.05, 0) is 12.1 Å². The third kappa shape index (κ3) is 1.91. The van der Waals surface area contributed by atoms with Crippen molar-refractivity contribution < 1.29 is 5.11 Å². The van der Waals surface area contributed by atoms with Crippen LogP contribution in [-0.2, 0) is 6.61 Å². The predicted octanol–water partition coefficient (Wildman–Crippen LogP) is 1.75. The van der Waals surface area contributed by atoms with Crippen LogP contribution >= 0.6 is 0 Å². The molecule has 18 heavy (non-hydrogen) atoms. The normalized spacial score (nSPS) is 10.7. The van der Waals surface area contributed by atoms with E-state index in [1.54, 1.807) is 17.1 Å². The maximum Gasteiger partial charge on any atom is 0.132 e. The van der Waals surface area contributed by atoms with Gasteiger partial charge in [0.2, 0.25) is 0 Å². The van der Waals surface area contributed by atoms with Gasteiger partial charge in [-0.1, -0.05) is 18.2 Å². The summed E-state index contributed by atoms with van der Waals surface area (Å²) in [7, 11) is 0. The van der Waals surface area contributed by atoms with Gasteiger partial charge in [-0.3, -0.25) is 0 Å². The number of aromatic nitrogens is 4. The van der Waals surface area contributed by atoms with Crippen molar-refractivity contribution in [2.75, 3.05) is 0 Å². The summed E-state index contributed by atoms with van der Waals surface area (Å²) in [6.45, 7) is -0.0905. The lowest BCUT2D eigenvalue weighted by molar-refractivity contribution is 0.272. The minimum absolute atomic E-state index is 0.0905. The molecular weight excluding hydrogens is 228 g/mol. The number of rotatable bonds is 3. The molecule has 1 aromatic carbocycles. The largest absolute Gasteiger partial charge is 0.388 e. The van der Waals surface area contributed by atoms with Crippen molar-refractivity contribution in [3.8, 4) is 16.9 Å².